The molecule has 0 aromatic heterocycles. The quantitative estimate of drug-likeness (QED) is 0.124. The molecule has 16 rings (SSSR count). The second-order valence-electron chi connectivity index (χ2n) is 38.1. The molecule has 0 unspecified atom stereocenters. The SMILES string of the molecule is C1CCOC1.CC(C)(C)[C](=[W])c1c(-c2cccc(C(C)(C)C)c2O)cccc1-c1cccc(C(C)(C)C)c1O.CC(C)(C)[C](=[W])c1c(-c2cccc(C(C)(C)C)c2O)cccc1-c1cccc(C(C)(C)C)c1O.[CH-]1CCCO1.[CH-]=C1CC2(CC1=[CH-])c1ccccc1-c1ccccc12.[CH-]=C1CC2(CC1=[CH-])c1ccccc1-c1ccccc12. The van der Waals surface area contributed by atoms with Crippen LogP contribution in [0, 0.1) is 43.8 Å². The van der Waals surface area contributed by atoms with Crippen molar-refractivity contribution in [1.82, 2.24) is 0 Å². The van der Waals surface area contributed by atoms with Gasteiger partial charge >= 0.3 is 434 Å². The molecule has 6 nitrogen and oxygen atoms in total. The minimum Gasteiger partial charge on any atom is -0.552 e. The molecule has 2 aliphatic heterocycles. The minimum atomic E-state index is -0.175. The average molecular weight is 1880 g/mol. The van der Waals surface area contributed by atoms with Crippen molar-refractivity contribution in [2.75, 3.05) is 19.8 Å². The summed E-state index contributed by atoms with van der Waals surface area (Å²) < 4.78 is 12.3. The van der Waals surface area contributed by atoms with Gasteiger partial charge in [0.1, 0.15) is 0 Å². The van der Waals surface area contributed by atoms with Crippen LogP contribution in [-0.2, 0) is 80.7 Å². The molecule has 0 atom stereocenters. The largest absolute Gasteiger partial charge is 0.552 e. The molecular weight excluding hydrogens is 1760 g/mol. The summed E-state index contributed by atoms with van der Waals surface area (Å²) in [4.78, 5) is 0. The zero-order valence-electron chi connectivity index (χ0n) is 71.7. The van der Waals surface area contributed by atoms with Crippen LogP contribution in [-0.4, -0.2) is 48.0 Å². The molecule has 6 aliphatic rings. The van der Waals surface area contributed by atoms with Crippen LogP contribution in [0.3, 0.4) is 0 Å². The van der Waals surface area contributed by atoms with Gasteiger partial charge in [0.25, 0.3) is 0 Å². The van der Waals surface area contributed by atoms with E-state index in [4.69, 9.17) is 35.8 Å². The number of phenols is 4. The molecular formula is C108H119O6W2-5. The number of allylic oxidation sites excluding steroid dienone is 4. The summed E-state index contributed by atoms with van der Waals surface area (Å²) in [5.74, 6) is 1.33. The molecule has 10 aromatic carbocycles. The van der Waals surface area contributed by atoms with E-state index in [-0.39, 0.29) is 43.3 Å². The molecule has 2 saturated carbocycles. The van der Waals surface area contributed by atoms with Gasteiger partial charge in [0.15, 0.2) is 0 Å². The summed E-state index contributed by atoms with van der Waals surface area (Å²) in [6.45, 7) is 68.0. The Morgan fingerprint density at radius 2 is 0.526 bits per heavy atom. The second-order valence-corrected chi connectivity index (χ2v) is 41.0. The molecule has 2 heterocycles. The number of ether oxygens (including phenoxy) is 2. The van der Waals surface area contributed by atoms with E-state index in [0.717, 1.165) is 152 Å². The van der Waals surface area contributed by atoms with E-state index in [2.05, 4.69) is 246 Å². The fourth-order valence-corrected chi connectivity index (χ4v) is 18.7. The molecule has 0 amide bonds. The summed E-state index contributed by atoms with van der Waals surface area (Å²) in [7, 11) is 0. The number of phenolic OH excluding ortho intramolecular Hbond substituents is 4. The summed E-state index contributed by atoms with van der Waals surface area (Å²) in [6.07, 6.45) is 8.29. The number of hydrogen-bond acceptors (Lipinski definition) is 6. The van der Waals surface area contributed by atoms with Crippen molar-refractivity contribution in [3.63, 3.8) is 0 Å². The number of aromatic hydroxyl groups is 4. The van der Waals surface area contributed by atoms with Crippen molar-refractivity contribution in [3.8, 4) is 89.8 Å². The fourth-order valence-electron chi connectivity index (χ4n) is 17.1. The van der Waals surface area contributed by atoms with Crippen molar-refractivity contribution in [1.29, 1.82) is 0 Å². The molecule has 10 aromatic rings. The number of rotatable bonds is 6. The smallest absolute Gasteiger partial charge is 0.00878 e. The van der Waals surface area contributed by atoms with Crippen LogP contribution in [0.5, 0.6) is 23.0 Å². The Labute approximate surface area is 716 Å². The third-order valence-corrected chi connectivity index (χ3v) is 29.0. The van der Waals surface area contributed by atoms with Gasteiger partial charge < -0.3 is 58.1 Å². The Morgan fingerprint density at radius 1 is 0.302 bits per heavy atom. The van der Waals surface area contributed by atoms with E-state index < -0.39 is 0 Å². The van der Waals surface area contributed by atoms with Gasteiger partial charge in [-0.1, -0.05) is 103 Å². The van der Waals surface area contributed by atoms with Gasteiger partial charge in [0.2, 0.25) is 0 Å². The first kappa shape index (κ1) is 88.2. The topological polar surface area (TPSA) is 99.4 Å². The summed E-state index contributed by atoms with van der Waals surface area (Å²) in [6, 6.07) is 71.2. The first-order chi connectivity index (χ1) is 54.5. The maximum Gasteiger partial charge on any atom is 0.00878 e. The van der Waals surface area contributed by atoms with Crippen LogP contribution in [0.1, 0.15) is 232 Å². The van der Waals surface area contributed by atoms with E-state index in [1.165, 1.54) is 110 Å². The van der Waals surface area contributed by atoms with Crippen LogP contribution in [0.15, 0.2) is 229 Å². The Balaban J connectivity index is 0.000000149. The van der Waals surface area contributed by atoms with Gasteiger partial charge in [-0.25, -0.2) is 6.61 Å². The standard InChI is InChI=1S/2C31H38O2.2C19H14.C4H8O.C4H7O.2W/c2*1-29(2,3)19-24-20(22-15-11-17-25(27(22)32)30(4,5)6)13-10-14-21(24)23-16-12-18-26(28(23)33)31(7,8)9;2*1-13-11-19(12-14(13)2)17-9-5-3-7-15(17)16-8-4-6-10-18(16)19;2*1-2-4-5-3-1;;/h2*10-18,32-33H,1-9H3;2*1-10H,11-12H2;1-4H2;3H,1-2,4H2;;/q;;2*-2;;-1;;. The second kappa shape index (κ2) is 35.1. The van der Waals surface area contributed by atoms with Gasteiger partial charge in [-0.2, -0.15) is 6.42 Å². The third-order valence-electron chi connectivity index (χ3n) is 23.2. The van der Waals surface area contributed by atoms with Gasteiger partial charge in [0.05, 0.1) is 0 Å². The van der Waals surface area contributed by atoms with Crippen LogP contribution >= 0.6 is 0 Å². The Hall–Kier alpha value is -8.60. The number of fused-ring (bicyclic) bond motifs is 10. The van der Waals surface area contributed by atoms with Crippen molar-refractivity contribution in [2.24, 2.45) is 10.8 Å². The molecule has 0 bridgehead atoms. The van der Waals surface area contributed by atoms with Crippen LogP contribution in [0.4, 0.5) is 0 Å². The van der Waals surface area contributed by atoms with E-state index in [0.29, 0.717) is 23.0 Å². The van der Waals surface area contributed by atoms with Crippen LogP contribution in [0.2, 0.25) is 0 Å². The van der Waals surface area contributed by atoms with Crippen molar-refractivity contribution < 1.29 is 68.6 Å². The normalized spacial score (nSPS) is 15.6. The van der Waals surface area contributed by atoms with Gasteiger partial charge in [-0.3, -0.25) is 0 Å². The number of para-hydroxylation sites is 4. The van der Waals surface area contributed by atoms with Gasteiger partial charge in [-0.15, -0.1) is 25.7 Å². The molecule has 4 fully saturated rings. The van der Waals surface area contributed by atoms with Gasteiger partial charge in [0, 0.05) is 19.8 Å². The first-order valence-corrected chi connectivity index (χ1v) is 44.0. The zero-order chi connectivity index (χ0) is 84.4. The van der Waals surface area contributed by atoms with Crippen molar-refractivity contribution in [3.05, 3.63) is 317 Å². The number of benzene rings is 10. The summed E-state index contributed by atoms with van der Waals surface area (Å²) in [5.41, 5.74) is 26.6. The average Bonchev–Trinajstić information content (AvgIpc) is 1.55. The van der Waals surface area contributed by atoms with Crippen molar-refractivity contribution >= 4 is 7.80 Å². The Bertz CT molecular complexity index is 4730. The van der Waals surface area contributed by atoms with Crippen molar-refractivity contribution in [2.45, 2.75) is 208 Å². The predicted molar refractivity (Wildman–Crippen MR) is 478 cm³/mol. The van der Waals surface area contributed by atoms with E-state index in [1.807, 2.05) is 91.5 Å². The number of hydrogen-bond donors (Lipinski definition) is 4. The molecule has 116 heavy (non-hydrogen) atoms. The fraction of sp³-hybridized carbons (Fsp3) is 0.343. The maximum atomic E-state index is 11.4. The Kier molecular flexibility index (Phi) is 26.7. The molecule has 4 aliphatic carbocycles. The predicted octanol–water partition coefficient (Wildman–Crippen LogP) is 27.0. The van der Waals surface area contributed by atoms with Crippen LogP contribution in [0.25, 0.3) is 66.8 Å². The molecule has 2 saturated heterocycles. The molecule has 8 heteroatoms. The summed E-state index contributed by atoms with van der Waals surface area (Å²) >= 11 is 2.77. The monoisotopic (exact) mass is 1880 g/mol. The van der Waals surface area contributed by atoms with E-state index >= 15 is 0 Å². The molecule has 2 spiro atoms. The summed E-state index contributed by atoms with van der Waals surface area (Å²) in [5, 5.41) is 45.6. The minimum absolute atomic E-state index is 0.0264. The maximum absolute atomic E-state index is 11.4. The van der Waals surface area contributed by atoms with Gasteiger partial charge in [-0.05, 0) is 68.2 Å². The first-order valence-electron chi connectivity index (χ1n) is 41.1. The third kappa shape index (κ3) is 18.5. The van der Waals surface area contributed by atoms with E-state index in [1.54, 1.807) is 0 Å². The molecule has 4 N–H and O–H groups in total. The molecule has 604 valence electrons. The van der Waals surface area contributed by atoms with E-state index in [9.17, 15) is 20.4 Å². The van der Waals surface area contributed by atoms with Crippen LogP contribution < -0.4 is 0 Å². The zero-order valence-corrected chi connectivity index (χ0v) is 77.6. The Morgan fingerprint density at radius 3 is 0.716 bits per heavy atom. The molecule has 0 radical (unpaired) electrons.